The summed E-state index contributed by atoms with van der Waals surface area (Å²) in [6, 6.07) is 10.1. The van der Waals surface area contributed by atoms with Crippen molar-refractivity contribution in [1.29, 1.82) is 0 Å². The predicted molar refractivity (Wildman–Crippen MR) is 56.2 cm³/mol. The number of rotatable bonds is 2. The molecule has 1 aromatic heterocycles. The van der Waals surface area contributed by atoms with Crippen molar-refractivity contribution in [3.63, 3.8) is 0 Å². The number of aryl methyl sites for hydroxylation is 1. The van der Waals surface area contributed by atoms with Crippen LogP contribution in [0.15, 0.2) is 36.5 Å². The Kier molecular flexibility index (Phi) is 2.33. The molecule has 1 aromatic carbocycles. The smallest absolute Gasteiger partial charge is 0.0652 e. The fourth-order valence-corrected chi connectivity index (χ4v) is 1.48. The molecule has 2 N–H and O–H groups in total. The normalized spacial score (nSPS) is 10.4. The lowest BCUT2D eigenvalue weighted by Gasteiger charge is -2.06. The van der Waals surface area contributed by atoms with E-state index in [1.165, 1.54) is 5.56 Å². The summed E-state index contributed by atoms with van der Waals surface area (Å²) in [5.41, 5.74) is 8.92. The molecule has 0 bridgehead atoms. The topological polar surface area (TPSA) is 43.8 Å². The van der Waals surface area contributed by atoms with Crippen LogP contribution in [0.4, 0.5) is 0 Å². The minimum Gasteiger partial charge on any atom is -0.325 e. The number of benzene rings is 1. The van der Waals surface area contributed by atoms with Gasteiger partial charge < -0.3 is 5.73 Å². The summed E-state index contributed by atoms with van der Waals surface area (Å²) in [6.07, 6.45) is 1.77. The van der Waals surface area contributed by atoms with Crippen molar-refractivity contribution in [3.8, 4) is 5.69 Å². The molecule has 0 aliphatic carbocycles. The predicted octanol–water partition coefficient (Wildman–Crippen LogP) is 1.64. The van der Waals surface area contributed by atoms with Gasteiger partial charge in [0.25, 0.3) is 0 Å². The molecule has 0 unspecified atom stereocenters. The molecule has 3 nitrogen and oxygen atoms in total. The Morgan fingerprint density at radius 1 is 1.36 bits per heavy atom. The lowest BCUT2D eigenvalue weighted by molar-refractivity contribution is 0.803. The molecule has 0 saturated heterocycles. The van der Waals surface area contributed by atoms with E-state index in [4.69, 9.17) is 5.73 Å². The molecular formula is C11H13N3. The van der Waals surface area contributed by atoms with Crippen LogP contribution >= 0.6 is 0 Å². The van der Waals surface area contributed by atoms with Crippen LogP contribution in [0.3, 0.4) is 0 Å². The van der Waals surface area contributed by atoms with Crippen molar-refractivity contribution < 1.29 is 0 Å². The fraction of sp³-hybridized carbons (Fsp3) is 0.182. The van der Waals surface area contributed by atoms with Crippen molar-refractivity contribution >= 4 is 0 Å². The SMILES string of the molecule is Cc1cccc(-n2nccc2CN)c1. The maximum atomic E-state index is 5.61. The first-order valence-electron chi connectivity index (χ1n) is 4.61. The molecule has 0 fully saturated rings. The minimum absolute atomic E-state index is 0.508. The highest BCUT2D eigenvalue weighted by molar-refractivity contribution is 5.35. The third-order valence-electron chi connectivity index (χ3n) is 2.18. The molecule has 0 spiro atoms. The van der Waals surface area contributed by atoms with Gasteiger partial charge in [-0.1, -0.05) is 12.1 Å². The Labute approximate surface area is 83.2 Å². The molecule has 14 heavy (non-hydrogen) atoms. The highest BCUT2D eigenvalue weighted by Crippen LogP contribution is 2.11. The number of hydrogen-bond donors (Lipinski definition) is 1. The van der Waals surface area contributed by atoms with Gasteiger partial charge in [-0.05, 0) is 30.7 Å². The molecule has 3 heteroatoms. The molecule has 1 heterocycles. The van der Waals surface area contributed by atoms with Gasteiger partial charge in [0.1, 0.15) is 0 Å². The Morgan fingerprint density at radius 3 is 2.93 bits per heavy atom. The first-order chi connectivity index (χ1) is 6.81. The Balaban J connectivity index is 2.49. The Hall–Kier alpha value is -1.61. The second-order valence-electron chi connectivity index (χ2n) is 3.28. The van der Waals surface area contributed by atoms with Gasteiger partial charge in [0, 0.05) is 12.7 Å². The van der Waals surface area contributed by atoms with Gasteiger partial charge in [0.05, 0.1) is 11.4 Å². The Morgan fingerprint density at radius 2 is 2.21 bits per heavy atom. The number of nitrogens with two attached hydrogens (primary N) is 1. The van der Waals surface area contributed by atoms with Crippen LogP contribution in [0.2, 0.25) is 0 Å². The largest absolute Gasteiger partial charge is 0.325 e. The van der Waals surface area contributed by atoms with Gasteiger partial charge in [-0.2, -0.15) is 5.10 Å². The zero-order valence-electron chi connectivity index (χ0n) is 8.14. The molecule has 0 radical (unpaired) electrons. The summed E-state index contributed by atoms with van der Waals surface area (Å²) in [5.74, 6) is 0. The third-order valence-corrected chi connectivity index (χ3v) is 2.18. The van der Waals surface area contributed by atoms with Gasteiger partial charge in [-0.3, -0.25) is 0 Å². The molecule has 2 aromatic rings. The third kappa shape index (κ3) is 1.54. The van der Waals surface area contributed by atoms with Crippen LogP contribution in [-0.2, 0) is 6.54 Å². The zero-order valence-corrected chi connectivity index (χ0v) is 8.14. The van der Waals surface area contributed by atoms with Crippen molar-refractivity contribution in [1.82, 2.24) is 9.78 Å². The van der Waals surface area contributed by atoms with E-state index in [9.17, 15) is 0 Å². The first-order valence-corrected chi connectivity index (χ1v) is 4.61. The number of nitrogens with zero attached hydrogens (tertiary/aromatic N) is 2. The molecule has 0 saturated carbocycles. The quantitative estimate of drug-likeness (QED) is 0.776. The van der Waals surface area contributed by atoms with Crippen molar-refractivity contribution in [2.75, 3.05) is 0 Å². The highest BCUT2D eigenvalue weighted by Gasteiger charge is 2.02. The summed E-state index contributed by atoms with van der Waals surface area (Å²) in [6.45, 7) is 2.57. The molecule has 0 amide bonds. The maximum Gasteiger partial charge on any atom is 0.0652 e. The Bertz CT molecular complexity index is 432. The van der Waals surface area contributed by atoms with E-state index in [1.807, 2.05) is 22.9 Å². The van der Waals surface area contributed by atoms with Crippen molar-refractivity contribution in [2.24, 2.45) is 5.73 Å². The van der Waals surface area contributed by atoms with Gasteiger partial charge in [0.15, 0.2) is 0 Å². The van der Waals surface area contributed by atoms with Crippen LogP contribution < -0.4 is 5.73 Å². The average Bonchev–Trinajstić information content (AvgIpc) is 2.65. The maximum absolute atomic E-state index is 5.61. The second-order valence-corrected chi connectivity index (χ2v) is 3.28. The van der Waals surface area contributed by atoms with E-state index in [-0.39, 0.29) is 0 Å². The molecule has 0 aliphatic heterocycles. The fourth-order valence-electron chi connectivity index (χ4n) is 1.48. The summed E-state index contributed by atoms with van der Waals surface area (Å²) in [5, 5.41) is 4.24. The van der Waals surface area contributed by atoms with Crippen LogP contribution in [0, 0.1) is 6.92 Å². The van der Waals surface area contributed by atoms with E-state index in [0.29, 0.717) is 6.54 Å². The first kappa shape index (κ1) is 8.97. The van der Waals surface area contributed by atoms with Gasteiger partial charge >= 0.3 is 0 Å². The summed E-state index contributed by atoms with van der Waals surface area (Å²) >= 11 is 0. The monoisotopic (exact) mass is 187 g/mol. The summed E-state index contributed by atoms with van der Waals surface area (Å²) < 4.78 is 1.87. The van der Waals surface area contributed by atoms with Gasteiger partial charge in [-0.15, -0.1) is 0 Å². The molecule has 2 rings (SSSR count). The van der Waals surface area contributed by atoms with E-state index in [0.717, 1.165) is 11.4 Å². The number of aromatic nitrogens is 2. The van der Waals surface area contributed by atoms with Crippen LogP contribution in [-0.4, -0.2) is 9.78 Å². The lowest BCUT2D eigenvalue weighted by Crippen LogP contribution is -2.06. The highest BCUT2D eigenvalue weighted by atomic mass is 15.3. The second kappa shape index (κ2) is 3.64. The molecule has 0 aliphatic rings. The summed E-state index contributed by atoms with van der Waals surface area (Å²) in [4.78, 5) is 0. The van der Waals surface area contributed by atoms with Gasteiger partial charge in [0.2, 0.25) is 0 Å². The van der Waals surface area contributed by atoms with E-state index >= 15 is 0 Å². The van der Waals surface area contributed by atoms with Gasteiger partial charge in [-0.25, -0.2) is 4.68 Å². The molecule has 0 atom stereocenters. The van der Waals surface area contributed by atoms with Crippen molar-refractivity contribution in [3.05, 3.63) is 47.8 Å². The zero-order chi connectivity index (χ0) is 9.97. The van der Waals surface area contributed by atoms with Crippen molar-refractivity contribution in [2.45, 2.75) is 13.5 Å². The standard InChI is InChI=1S/C11H13N3/c1-9-3-2-4-10(7-9)14-11(8-12)5-6-13-14/h2-7H,8,12H2,1H3. The van der Waals surface area contributed by atoms with Crippen LogP contribution in [0.1, 0.15) is 11.3 Å². The van der Waals surface area contributed by atoms with Crippen LogP contribution in [0.5, 0.6) is 0 Å². The van der Waals surface area contributed by atoms with E-state index in [2.05, 4.69) is 24.2 Å². The minimum atomic E-state index is 0.508. The van der Waals surface area contributed by atoms with E-state index in [1.54, 1.807) is 6.20 Å². The van der Waals surface area contributed by atoms with Crippen LogP contribution in [0.25, 0.3) is 5.69 Å². The average molecular weight is 187 g/mol. The molecular weight excluding hydrogens is 174 g/mol. The lowest BCUT2D eigenvalue weighted by atomic mass is 10.2. The number of hydrogen-bond acceptors (Lipinski definition) is 2. The summed E-state index contributed by atoms with van der Waals surface area (Å²) in [7, 11) is 0. The van der Waals surface area contributed by atoms with E-state index < -0.39 is 0 Å². The molecule has 72 valence electrons.